The van der Waals surface area contributed by atoms with Crippen molar-refractivity contribution in [3.63, 3.8) is 0 Å². The van der Waals surface area contributed by atoms with Crippen molar-refractivity contribution in [3.8, 4) is 0 Å². The second-order valence-electron chi connectivity index (χ2n) is 3.61. The standard InChI is InChI=1S/C11H13N3O2S/c1-14(9-11-12-7-8-13-11)17(15,16)10-5-3-2-4-6-10/h2-8H,9H2,1H3,(H,12,13). The van der Waals surface area contributed by atoms with Gasteiger partial charge >= 0.3 is 0 Å². The largest absolute Gasteiger partial charge is 0.347 e. The van der Waals surface area contributed by atoms with Crippen molar-refractivity contribution < 1.29 is 8.42 Å². The predicted octanol–water partition coefficient (Wildman–Crippen LogP) is 1.23. The van der Waals surface area contributed by atoms with E-state index in [1.807, 2.05) is 0 Å². The smallest absolute Gasteiger partial charge is 0.243 e. The summed E-state index contributed by atoms with van der Waals surface area (Å²) in [5.74, 6) is 0.618. The van der Waals surface area contributed by atoms with Crippen LogP contribution in [0.2, 0.25) is 0 Å². The molecular weight excluding hydrogens is 238 g/mol. The zero-order valence-electron chi connectivity index (χ0n) is 9.37. The summed E-state index contributed by atoms with van der Waals surface area (Å²) in [7, 11) is -1.91. The van der Waals surface area contributed by atoms with Gasteiger partial charge in [-0.15, -0.1) is 0 Å². The number of H-pyrrole nitrogens is 1. The first-order chi connectivity index (χ1) is 8.10. The van der Waals surface area contributed by atoms with E-state index in [9.17, 15) is 8.42 Å². The molecule has 0 spiro atoms. The second-order valence-corrected chi connectivity index (χ2v) is 5.65. The number of nitrogens with zero attached hydrogens (tertiary/aromatic N) is 2. The molecule has 2 rings (SSSR count). The summed E-state index contributed by atoms with van der Waals surface area (Å²) in [5, 5.41) is 0. The molecule has 0 aliphatic heterocycles. The number of hydrogen-bond donors (Lipinski definition) is 1. The number of rotatable bonds is 4. The van der Waals surface area contributed by atoms with E-state index >= 15 is 0 Å². The number of aromatic amines is 1. The normalized spacial score (nSPS) is 11.9. The highest BCUT2D eigenvalue weighted by molar-refractivity contribution is 7.89. The van der Waals surface area contributed by atoms with Crippen LogP contribution >= 0.6 is 0 Å². The SMILES string of the molecule is CN(Cc1ncc[nH]1)S(=O)(=O)c1ccccc1. The van der Waals surface area contributed by atoms with Crippen LogP contribution in [0.15, 0.2) is 47.6 Å². The van der Waals surface area contributed by atoms with Gasteiger partial charge < -0.3 is 4.98 Å². The Labute approximate surface area is 100 Å². The molecule has 1 aromatic carbocycles. The Bertz CT molecular complexity index is 564. The molecule has 90 valence electrons. The Balaban J connectivity index is 2.22. The summed E-state index contributed by atoms with van der Waals surface area (Å²) in [6.45, 7) is 0.226. The van der Waals surface area contributed by atoms with Crippen molar-refractivity contribution in [2.45, 2.75) is 11.4 Å². The summed E-state index contributed by atoms with van der Waals surface area (Å²) in [6, 6.07) is 8.34. The van der Waals surface area contributed by atoms with Gasteiger partial charge in [-0.3, -0.25) is 0 Å². The first-order valence-corrected chi connectivity index (χ1v) is 6.54. The van der Waals surface area contributed by atoms with Crippen LogP contribution in [-0.4, -0.2) is 29.7 Å². The van der Waals surface area contributed by atoms with Crippen LogP contribution in [0.5, 0.6) is 0 Å². The van der Waals surface area contributed by atoms with Gasteiger partial charge in [0.25, 0.3) is 0 Å². The predicted molar refractivity (Wildman–Crippen MR) is 63.7 cm³/mol. The van der Waals surface area contributed by atoms with Crippen molar-refractivity contribution in [2.75, 3.05) is 7.05 Å². The monoisotopic (exact) mass is 251 g/mol. The van der Waals surface area contributed by atoms with Gasteiger partial charge in [0, 0.05) is 19.4 Å². The highest BCUT2D eigenvalue weighted by Gasteiger charge is 2.20. The fourth-order valence-electron chi connectivity index (χ4n) is 1.45. The molecule has 17 heavy (non-hydrogen) atoms. The molecule has 0 amide bonds. The summed E-state index contributed by atoms with van der Waals surface area (Å²) >= 11 is 0. The zero-order valence-corrected chi connectivity index (χ0v) is 10.2. The third-order valence-electron chi connectivity index (χ3n) is 2.38. The van der Waals surface area contributed by atoms with E-state index in [1.165, 1.54) is 11.4 Å². The molecule has 0 unspecified atom stereocenters. The van der Waals surface area contributed by atoms with Crippen LogP contribution in [0.4, 0.5) is 0 Å². The van der Waals surface area contributed by atoms with Crippen molar-refractivity contribution in [3.05, 3.63) is 48.5 Å². The molecule has 0 saturated carbocycles. The van der Waals surface area contributed by atoms with Crippen LogP contribution in [-0.2, 0) is 16.6 Å². The molecule has 5 nitrogen and oxygen atoms in total. The molecule has 1 aromatic heterocycles. The van der Waals surface area contributed by atoms with Crippen molar-refractivity contribution in [2.24, 2.45) is 0 Å². The lowest BCUT2D eigenvalue weighted by molar-refractivity contribution is 0.458. The average Bonchev–Trinajstić information content (AvgIpc) is 2.83. The Morgan fingerprint density at radius 3 is 2.59 bits per heavy atom. The van der Waals surface area contributed by atoms with Gasteiger partial charge in [-0.05, 0) is 12.1 Å². The van der Waals surface area contributed by atoms with Gasteiger partial charge in [-0.1, -0.05) is 18.2 Å². The number of imidazole rings is 1. The molecule has 2 aromatic rings. The lowest BCUT2D eigenvalue weighted by atomic mass is 10.4. The van der Waals surface area contributed by atoms with E-state index in [0.717, 1.165) is 0 Å². The zero-order chi connectivity index (χ0) is 12.3. The maximum Gasteiger partial charge on any atom is 0.243 e. The molecule has 0 bridgehead atoms. The van der Waals surface area contributed by atoms with E-state index in [1.54, 1.807) is 42.7 Å². The topological polar surface area (TPSA) is 66.1 Å². The Kier molecular flexibility index (Phi) is 3.26. The molecule has 0 aliphatic carbocycles. The summed E-state index contributed by atoms with van der Waals surface area (Å²) in [4.78, 5) is 7.16. The number of benzene rings is 1. The minimum absolute atomic E-state index is 0.226. The Morgan fingerprint density at radius 2 is 2.00 bits per heavy atom. The highest BCUT2D eigenvalue weighted by Crippen LogP contribution is 2.14. The fourth-order valence-corrected chi connectivity index (χ4v) is 2.61. The number of aromatic nitrogens is 2. The van der Waals surface area contributed by atoms with Gasteiger partial charge in [0.1, 0.15) is 5.82 Å². The molecule has 0 fully saturated rings. The van der Waals surface area contributed by atoms with Gasteiger partial charge in [0.2, 0.25) is 10.0 Å². The van der Waals surface area contributed by atoms with E-state index < -0.39 is 10.0 Å². The van der Waals surface area contributed by atoms with Gasteiger partial charge in [-0.2, -0.15) is 4.31 Å². The number of sulfonamides is 1. The van der Waals surface area contributed by atoms with E-state index in [2.05, 4.69) is 9.97 Å². The summed E-state index contributed by atoms with van der Waals surface area (Å²) in [6.07, 6.45) is 3.26. The van der Waals surface area contributed by atoms with Crippen LogP contribution in [0.25, 0.3) is 0 Å². The minimum Gasteiger partial charge on any atom is -0.347 e. The molecule has 0 saturated heterocycles. The number of nitrogens with one attached hydrogen (secondary N) is 1. The summed E-state index contributed by atoms with van der Waals surface area (Å²) < 4.78 is 25.6. The lowest BCUT2D eigenvalue weighted by Crippen LogP contribution is -2.26. The highest BCUT2D eigenvalue weighted by atomic mass is 32.2. The lowest BCUT2D eigenvalue weighted by Gasteiger charge is -2.15. The first kappa shape index (κ1) is 11.8. The Morgan fingerprint density at radius 1 is 1.29 bits per heavy atom. The van der Waals surface area contributed by atoms with Gasteiger partial charge in [0.05, 0.1) is 11.4 Å². The van der Waals surface area contributed by atoms with E-state index in [0.29, 0.717) is 5.82 Å². The molecular formula is C11H13N3O2S. The van der Waals surface area contributed by atoms with Crippen LogP contribution < -0.4 is 0 Å². The first-order valence-electron chi connectivity index (χ1n) is 5.10. The van der Waals surface area contributed by atoms with E-state index in [4.69, 9.17) is 0 Å². The molecule has 6 heteroatoms. The van der Waals surface area contributed by atoms with E-state index in [-0.39, 0.29) is 11.4 Å². The summed E-state index contributed by atoms with van der Waals surface area (Å²) in [5.41, 5.74) is 0. The van der Waals surface area contributed by atoms with Crippen LogP contribution in [0.3, 0.4) is 0 Å². The molecule has 1 heterocycles. The van der Waals surface area contributed by atoms with Crippen molar-refractivity contribution >= 4 is 10.0 Å². The van der Waals surface area contributed by atoms with Crippen molar-refractivity contribution in [1.82, 2.24) is 14.3 Å². The van der Waals surface area contributed by atoms with Crippen molar-refractivity contribution in [1.29, 1.82) is 0 Å². The quantitative estimate of drug-likeness (QED) is 0.888. The maximum absolute atomic E-state index is 12.1. The third kappa shape index (κ3) is 2.54. The van der Waals surface area contributed by atoms with Crippen LogP contribution in [0, 0.1) is 0 Å². The Hall–Kier alpha value is -1.66. The molecule has 1 N–H and O–H groups in total. The third-order valence-corrected chi connectivity index (χ3v) is 4.20. The second kappa shape index (κ2) is 4.68. The minimum atomic E-state index is -3.44. The molecule has 0 atom stereocenters. The maximum atomic E-state index is 12.1. The van der Waals surface area contributed by atoms with Crippen LogP contribution in [0.1, 0.15) is 5.82 Å². The average molecular weight is 251 g/mol. The fraction of sp³-hybridized carbons (Fsp3) is 0.182. The molecule has 0 radical (unpaired) electrons. The van der Waals surface area contributed by atoms with Gasteiger partial charge in [-0.25, -0.2) is 13.4 Å². The van der Waals surface area contributed by atoms with Gasteiger partial charge in [0.15, 0.2) is 0 Å². The number of hydrogen-bond acceptors (Lipinski definition) is 3. The molecule has 0 aliphatic rings.